The van der Waals surface area contributed by atoms with Crippen LogP contribution in [0.25, 0.3) is 27.8 Å². The monoisotopic (exact) mass is 533 g/mol. The number of esters is 1. The molecule has 1 amide bonds. The van der Waals surface area contributed by atoms with E-state index in [1.165, 1.54) is 27.7 Å². The fourth-order valence-electron chi connectivity index (χ4n) is 4.77. The van der Waals surface area contributed by atoms with Crippen LogP contribution >= 0.6 is 11.3 Å². The number of aromatic nitrogens is 1. The number of fused-ring (bicyclic) bond motifs is 2. The summed E-state index contributed by atoms with van der Waals surface area (Å²) in [5.41, 5.74) is 3.98. The quantitative estimate of drug-likeness (QED) is 0.136. The van der Waals surface area contributed by atoms with E-state index in [-0.39, 0.29) is 12.2 Å². The van der Waals surface area contributed by atoms with Gasteiger partial charge in [-0.05, 0) is 54.8 Å². The zero-order valence-electron chi connectivity index (χ0n) is 21.9. The molecule has 5 aromatic rings. The molecule has 0 atom stereocenters. The maximum absolute atomic E-state index is 13.2. The van der Waals surface area contributed by atoms with E-state index in [1.807, 2.05) is 62.5 Å². The lowest BCUT2D eigenvalue weighted by atomic mass is 10.0. The second-order valence-electron chi connectivity index (χ2n) is 9.20. The first-order chi connectivity index (χ1) is 18.9. The SMILES string of the molecule is CCOC(=O)c1c(NC(=O)/C(C#N)=C/c2cn(Cc3cccc4ccccc34)c3ccccc23)sc(C)c1C. The normalized spacial score (nSPS) is 11.5. The zero-order chi connectivity index (χ0) is 27.5. The minimum absolute atomic E-state index is 0.0541. The lowest BCUT2D eigenvalue weighted by Gasteiger charge is -2.09. The average Bonchev–Trinajstić information content (AvgIpc) is 3.43. The number of carbonyl (C=O) groups excluding carboxylic acids is 2. The maximum atomic E-state index is 13.2. The summed E-state index contributed by atoms with van der Waals surface area (Å²) >= 11 is 1.29. The molecule has 5 rings (SSSR count). The minimum Gasteiger partial charge on any atom is -0.462 e. The molecule has 39 heavy (non-hydrogen) atoms. The van der Waals surface area contributed by atoms with Gasteiger partial charge >= 0.3 is 5.97 Å². The summed E-state index contributed by atoms with van der Waals surface area (Å²) in [7, 11) is 0. The summed E-state index contributed by atoms with van der Waals surface area (Å²) in [5.74, 6) is -1.07. The molecule has 1 N–H and O–H groups in total. The first-order valence-corrected chi connectivity index (χ1v) is 13.5. The van der Waals surface area contributed by atoms with Gasteiger partial charge in [0.2, 0.25) is 0 Å². The van der Waals surface area contributed by atoms with Gasteiger partial charge in [-0.25, -0.2) is 4.79 Å². The van der Waals surface area contributed by atoms with Crippen molar-refractivity contribution in [1.29, 1.82) is 5.26 Å². The van der Waals surface area contributed by atoms with Gasteiger partial charge < -0.3 is 14.6 Å². The molecule has 0 saturated heterocycles. The summed E-state index contributed by atoms with van der Waals surface area (Å²) in [6.45, 7) is 6.30. The Bertz CT molecular complexity index is 1800. The van der Waals surface area contributed by atoms with E-state index in [2.05, 4.69) is 40.2 Å². The number of anilines is 1. The number of nitriles is 1. The third-order valence-corrected chi connectivity index (χ3v) is 7.92. The topological polar surface area (TPSA) is 84.1 Å². The predicted molar refractivity (Wildman–Crippen MR) is 157 cm³/mol. The molecule has 0 unspecified atom stereocenters. The van der Waals surface area contributed by atoms with Crippen molar-refractivity contribution in [1.82, 2.24) is 4.57 Å². The number of para-hydroxylation sites is 1. The molecule has 7 heteroatoms. The predicted octanol–water partition coefficient (Wildman–Crippen LogP) is 7.24. The molecule has 194 valence electrons. The number of amides is 1. The lowest BCUT2D eigenvalue weighted by molar-refractivity contribution is -0.112. The summed E-state index contributed by atoms with van der Waals surface area (Å²) in [5, 5.41) is 16.4. The number of thiophene rings is 1. The van der Waals surface area contributed by atoms with Gasteiger partial charge in [0.05, 0.1) is 12.2 Å². The number of carbonyl (C=O) groups is 2. The van der Waals surface area contributed by atoms with E-state index in [1.54, 1.807) is 13.0 Å². The third kappa shape index (κ3) is 5.07. The smallest absolute Gasteiger partial charge is 0.341 e. The van der Waals surface area contributed by atoms with Crippen LogP contribution in [0, 0.1) is 25.2 Å². The van der Waals surface area contributed by atoms with Crippen LogP contribution in [0.1, 0.15) is 38.8 Å². The van der Waals surface area contributed by atoms with E-state index >= 15 is 0 Å². The second kappa shape index (κ2) is 11.0. The van der Waals surface area contributed by atoms with Crippen molar-refractivity contribution in [2.24, 2.45) is 0 Å². The van der Waals surface area contributed by atoms with Gasteiger partial charge in [0.1, 0.15) is 16.6 Å². The molecule has 2 aromatic heterocycles. The number of benzene rings is 3. The third-order valence-electron chi connectivity index (χ3n) is 6.80. The summed E-state index contributed by atoms with van der Waals surface area (Å²) in [4.78, 5) is 26.7. The molecule has 3 aromatic carbocycles. The van der Waals surface area contributed by atoms with E-state index in [4.69, 9.17) is 4.74 Å². The molecule has 0 saturated carbocycles. The van der Waals surface area contributed by atoms with Gasteiger partial charge in [0.15, 0.2) is 0 Å². The highest BCUT2D eigenvalue weighted by atomic mass is 32.1. The molecule has 0 aliphatic heterocycles. The largest absolute Gasteiger partial charge is 0.462 e. The standard InChI is InChI=1S/C32H27N3O3S/c1-4-38-32(37)29-20(2)21(3)39-31(29)34-30(36)24(17-33)16-25-19-35(28-15-8-7-14-27(25)28)18-23-12-9-11-22-10-5-6-13-26(22)23/h5-16,19H,4,18H2,1-3H3,(H,34,36)/b24-16+. The van der Waals surface area contributed by atoms with Crippen LogP contribution in [-0.4, -0.2) is 23.1 Å². The Kier molecular flexibility index (Phi) is 7.31. The van der Waals surface area contributed by atoms with E-state index in [9.17, 15) is 14.9 Å². The van der Waals surface area contributed by atoms with Crippen LogP contribution in [-0.2, 0) is 16.1 Å². The van der Waals surface area contributed by atoms with Gasteiger partial charge in [-0.1, -0.05) is 60.7 Å². The van der Waals surface area contributed by atoms with Crippen LogP contribution in [0.2, 0.25) is 0 Å². The number of nitrogens with one attached hydrogen (secondary N) is 1. The molecular formula is C32H27N3O3S. The summed E-state index contributed by atoms with van der Waals surface area (Å²) in [6.07, 6.45) is 3.58. The highest BCUT2D eigenvalue weighted by Gasteiger charge is 2.23. The molecular weight excluding hydrogens is 506 g/mol. The molecule has 0 spiro atoms. The number of hydrogen-bond donors (Lipinski definition) is 1. The summed E-state index contributed by atoms with van der Waals surface area (Å²) < 4.78 is 7.33. The number of ether oxygens (including phenoxy) is 1. The number of rotatable bonds is 7. The molecule has 0 aliphatic rings. The average molecular weight is 534 g/mol. The Hall–Kier alpha value is -4.67. The molecule has 0 radical (unpaired) electrons. The van der Waals surface area contributed by atoms with Gasteiger partial charge in [-0.3, -0.25) is 4.79 Å². The van der Waals surface area contributed by atoms with Crippen LogP contribution in [0.4, 0.5) is 5.00 Å². The number of aryl methyl sites for hydroxylation is 1. The molecule has 0 bridgehead atoms. The second-order valence-corrected chi connectivity index (χ2v) is 10.4. The minimum atomic E-state index is -0.574. The Morgan fingerprint density at radius 3 is 2.51 bits per heavy atom. The Labute approximate surface area is 230 Å². The van der Waals surface area contributed by atoms with Crippen molar-refractivity contribution >= 4 is 56.0 Å². The number of nitrogens with zero attached hydrogens (tertiary/aromatic N) is 2. The van der Waals surface area contributed by atoms with Gasteiger partial charge in [-0.2, -0.15) is 5.26 Å². The van der Waals surface area contributed by atoms with Crippen LogP contribution in [0.15, 0.2) is 78.5 Å². The first kappa shape index (κ1) is 26.0. The van der Waals surface area contributed by atoms with E-state index < -0.39 is 11.9 Å². The van der Waals surface area contributed by atoms with Crippen molar-refractivity contribution < 1.29 is 14.3 Å². The highest BCUT2D eigenvalue weighted by Crippen LogP contribution is 2.34. The number of hydrogen-bond acceptors (Lipinski definition) is 5. The summed E-state index contributed by atoms with van der Waals surface area (Å²) in [6, 6.07) is 24.5. The van der Waals surface area contributed by atoms with E-state index in [0.717, 1.165) is 26.9 Å². The van der Waals surface area contributed by atoms with Crippen molar-refractivity contribution in [2.45, 2.75) is 27.3 Å². The highest BCUT2D eigenvalue weighted by molar-refractivity contribution is 7.16. The van der Waals surface area contributed by atoms with Crippen molar-refractivity contribution in [2.75, 3.05) is 11.9 Å². The molecule has 2 heterocycles. The fraction of sp³-hybridized carbons (Fsp3) is 0.156. The van der Waals surface area contributed by atoms with Crippen LogP contribution < -0.4 is 5.32 Å². The van der Waals surface area contributed by atoms with Crippen molar-refractivity contribution in [3.63, 3.8) is 0 Å². The fourth-order valence-corrected chi connectivity index (χ4v) is 5.82. The Morgan fingerprint density at radius 2 is 1.74 bits per heavy atom. The maximum Gasteiger partial charge on any atom is 0.341 e. The van der Waals surface area contributed by atoms with Crippen molar-refractivity contribution in [3.8, 4) is 6.07 Å². The first-order valence-electron chi connectivity index (χ1n) is 12.7. The van der Waals surface area contributed by atoms with Crippen molar-refractivity contribution in [3.05, 3.63) is 106 Å². The lowest BCUT2D eigenvalue weighted by Crippen LogP contribution is -2.16. The molecule has 0 aliphatic carbocycles. The Balaban J connectivity index is 1.50. The molecule has 0 fully saturated rings. The zero-order valence-corrected chi connectivity index (χ0v) is 22.8. The van der Waals surface area contributed by atoms with Gasteiger partial charge in [-0.15, -0.1) is 11.3 Å². The van der Waals surface area contributed by atoms with Crippen LogP contribution in [0.5, 0.6) is 0 Å². The van der Waals surface area contributed by atoms with Crippen LogP contribution in [0.3, 0.4) is 0 Å². The Morgan fingerprint density at radius 1 is 1.03 bits per heavy atom. The molecule has 6 nitrogen and oxygen atoms in total. The van der Waals surface area contributed by atoms with Gasteiger partial charge in [0.25, 0.3) is 5.91 Å². The van der Waals surface area contributed by atoms with E-state index in [0.29, 0.717) is 17.1 Å². The van der Waals surface area contributed by atoms with Gasteiger partial charge in [0, 0.05) is 34.1 Å².